The normalized spacial score (nSPS) is 12.7. The summed E-state index contributed by atoms with van der Waals surface area (Å²) in [7, 11) is 0. The quantitative estimate of drug-likeness (QED) is 0.325. The lowest BCUT2D eigenvalue weighted by Gasteiger charge is -2.21. The minimum absolute atomic E-state index is 0.145. The molecule has 6 nitrogen and oxygen atoms in total. The number of hydrogen-bond acceptors (Lipinski definition) is 6. The van der Waals surface area contributed by atoms with Crippen molar-refractivity contribution in [1.82, 2.24) is 5.32 Å². The van der Waals surface area contributed by atoms with Crippen LogP contribution < -0.4 is 10.6 Å². The summed E-state index contributed by atoms with van der Waals surface area (Å²) in [5.74, 6) is -1.57. The number of hydrogen-bond donors (Lipinski definition) is 4. The smallest absolute Gasteiger partial charge is 0.198 e. The Bertz CT molecular complexity index is 830. The van der Waals surface area contributed by atoms with Gasteiger partial charge in [-0.2, -0.15) is 0 Å². The lowest BCUT2D eigenvalue weighted by Crippen LogP contribution is -2.23. The molecule has 1 aliphatic rings. The number of likely N-dealkylation sites (N-methyl/N-ethyl adjacent to an activating group) is 1. The molecule has 0 amide bonds. The number of phenols is 2. The highest BCUT2D eigenvalue weighted by molar-refractivity contribution is 6.30. The van der Waals surface area contributed by atoms with Crippen molar-refractivity contribution in [3.05, 3.63) is 52.6 Å². The Morgan fingerprint density at radius 3 is 2.21 bits per heavy atom. The van der Waals surface area contributed by atoms with E-state index >= 15 is 0 Å². The zero-order valence-corrected chi connectivity index (χ0v) is 13.2. The molecule has 0 unspecified atom stereocenters. The van der Waals surface area contributed by atoms with Crippen LogP contribution in [0.1, 0.15) is 38.8 Å². The number of anilines is 1. The van der Waals surface area contributed by atoms with Gasteiger partial charge in [0.25, 0.3) is 0 Å². The van der Waals surface area contributed by atoms with Crippen LogP contribution in [-0.4, -0.2) is 41.4 Å². The minimum atomic E-state index is -0.469. The van der Waals surface area contributed by atoms with E-state index in [-0.39, 0.29) is 39.4 Å². The van der Waals surface area contributed by atoms with Crippen LogP contribution in [0.25, 0.3) is 0 Å². The standard InChI is InChI=1S/C18H18N2O4/c1-2-19-7-8-20-12-9-13(21)14-15(18(12)24)17(23)11-6-4-3-5-10(11)16(14)22/h3-6,9,19-21,24H,2,7-8H2,1H3. The first-order valence-electron chi connectivity index (χ1n) is 7.78. The second kappa shape index (κ2) is 6.33. The van der Waals surface area contributed by atoms with Gasteiger partial charge in [0.2, 0.25) is 0 Å². The fourth-order valence-corrected chi connectivity index (χ4v) is 2.85. The van der Waals surface area contributed by atoms with Gasteiger partial charge in [-0.25, -0.2) is 0 Å². The first-order valence-corrected chi connectivity index (χ1v) is 7.78. The van der Waals surface area contributed by atoms with E-state index in [9.17, 15) is 19.8 Å². The van der Waals surface area contributed by atoms with Crippen molar-refractivity contribution >= 4 is 17.3 Å². The Kier molecular flexibility index (Phi) is 4.22. The molecule has 2 aromatic rings. The van der Waals surface area contributed by atoms with Gasteiger partial charge in [0.15, 0.2) is 17.3 Å². The van der Waals surface area contributed by atoms with Gasteiger partial charge < -0.3 is 20.8 Å². The highest BCUT2D eigenvalue weighted by Gasteiger charge is 2.35. The largest absolute Gasteiger partial charge is 0.507 e. The van der Waals surface area contributed by atoms with Crippen LogP contribution >= 0.6 is 0 Å². The maximum Gasteiger partial charge on any atom is 0.198 e. The van der Waals surface area contributed by atoms with Crippen molar-refractivity contribution in [3.8, 4) is 11.5 Å². The fraction of sp³-hybridized carbons (Fsp3) is 0.222. The maximum atomic E-state index is 12.7. The molecular weight excluding hydrogens is 308 g/mol. The molecule has 3 rings (SSSR count). The van der Waals surface area contributed by atoms with Crippen molar-refractivity contribution in [2.45, 2.75) is 6.92 Å². The molecule has 0 aliphatic heterocycles. The van der Waals surface area contributed by atoms with Crippen molar-refractivity contribution < 1.29 is 19.8 Å². The zero-order valence-electron chi connectivity index (χ0n) is 13.2. The summed E-state index contributed by atoms with van der Waals surface area (Å²) in [5, 5.41) is 26.8. The van der Waals surface area contributed by atoms with Crippen LogP contribution in [0.15, 0.2) is 30.3 Å². The predicted octanol–water partition coefficient (Wildman–Crippen LogP) is 1.89. The Morgan fingerprint density at radius 1 is 0.958 bits per heavy atom. The minimum Gasteiger partial charge on any atom is -0.507 e. The van der Waals surface area contributed by atoms with Crippen LogP contribution in [0.2, 0.25) is 0 Å². The van der Waals surface area contributed by atoms with Crippen LogP contribution in [-0.2, 0) is 0 Å². The summed E-state index contributed by atoms with van der Waals surface area (Å²) in [4.78, 5) is 25.3. The number of nitrogens with one attached hydrogen (secondary N) is 2. The Morgan fingerprint density at radius 2 is 1.58 bits per heavy atom. The molecule has 6 heteroatoms. The molecule has 0 radical (unpaired) electrons. The van der Waals surface area contributed by atoms with E-state index in [2.05, 4.69) is 10.6 Å². The molecule has 0 spiro atoms. The molecule has 0 saturated heterocycles. The summed E-state index contributed by atoms with van der Waals surface area (Å²) in [6.07, 6.45) is 0. The van der Waals surface area contributed by atoms with Gasteiger partial charge in [0, 0.05) is 30.3 Å². The van der Waals surface area contributed by atoms with Gasteiger partial charge >= 0.3 is 0 Å². The van der Waals surface area contributed by atoms with E-state index in [0.717, 1.165) is 6.54 Å². The zero-order chi connectivity index (χ0) is 17.3. The second-order valence-corrected chi connectivity index (χ2v) is 5.53. The van der Waals surface area contributed by atoms with Crippen molar-refractivity contribution in [3.63, 3.8) is 0 Å². The predicted molar refractivity (Wildman–Crippen MR) is 90.1 cm³/mol. The van der Waals surface area contributed by atoms with E-state index in [4.69, 9.17) is 0 Å². The molecule has 4 N–H and O–H groups in total. The SMILES string of the molecule is CCNCCNc1cc(O)c2c(c1O)C(=O)c1ccccc1C2=O. The van der Waals surface area contributed by atoms with Crippen molar-refractivity contribution in [2.24, 2.45) is 0 Å². The van der Waals surface area contributed by atoms with Gasteiger partial charge in [0.1, 0.15) is 5.75 Å². The number of aromatic hydroxyl groups is 2. The van der Waals surface area contributed by atoms with Crippen LogP contribution in [0, 0.1) is 0 Å². The molecule has 0 saturated carbocycles. The van der Waals surface area contributed by atoms with E-state index in [1.54, 1.807) is 18.2 Å². The Balaban J connectivity index is 2.05. The lowest BCUT2D eigenvalue weighted by molar-refractivity contribution is 0.0974. The highest BCUT2D eigenvalue weighted by atomic mass is 16.3. The first kappa shape index (κ1) is 16.0. The van der Waals surface area contributed by atoms with Gasteiger partial charge in [-0.1, -0.05) is 31.2 Å². The molecule has 1 aliphatic carbocycles. The summed E-state index contributed by atoms with van der Waals surface area (Å²) >= 11 is 0. The average molecular weight is 326 g/mol. The number of rotatable bonds is 5. The number of carbonyl (C=O) groups is 2. The molecule has 124 valence electrons. The Hall–Kier alpha value is -2.86. The molecule has 0 heterocycles. The molecular formula is C18H18N2O4. The third kappa shape index (κ3) is 2.51. The number of phenolic OH excluding ortho intramolecular Hbond substituents is 2. The van der Waals surface area contributed by atoms with E-state index in [1.165, 1.54) is 12.1 Å². The Labute approximate surface area is 139 Å². The molecule has 0 fully saturated rings. The van der Waals surface area contributed by atoms with E-state index < -0.39 is 11.6 Å². The third-order valence-electron chi connectivity index (χ3n) is 4.02. The second-order valence-electron chi connectivity index (χ2n) is 5.53. The summed E-state index contributed by atoms with van der Waals surface area (Å²) < 4.78 is 0. The lowest BCUT2D eigenvalue weighted by atomic mass is 9.82. The highest BCUT2D eigenvalue weighted by Crippen LogP contribution is 2.42. The molecule has 0 atom stereocenters. The van der Waals surface area contributed by atoms with Crippen LogP contribution in [0.4, 0.5) is 5.69 Å². The topological polar surface area (TPSA) is 98.7 Å². The van der Waals surface area contributed by atoms with E-state index in [0.29, 0.717) is 13.1 Å². The van der Waals surface area contributed by atoms with Gasteiger partial charge in [0.05, 0.1) is 16.8 Å². The van der Waals surface area contributed by atoms with E-state index in [1.807, 2.05) is 6.92 Å². The average Bonchev–Trinajstić information content (AvgIpc) is 2.59. The first-order chi connectivity index (χ1) is 11.6. The summed E-state index contributed by atoms with van der Waals surface area (Å²) in [6.45, 7) is 3.94. The third-order valence-corrected chi connectivity index (χ3v) is 4.02. The van der Waals surface area contributed by atoms with Crippen LogP contribution in [0.3, 0.4) is 0 Å². The summed E-state index contributed by atoms with van der Waals surface area (Å²) in [6, 6.07) is 7.67. The number of fused-ring (bicyclic) bond motifs is 2. The fourth-order valence-electron chi connectivity index (χ4n) is 2.85. The van der Waals surface area contributed by atoms with Crippen molar-refractivity contribution in [1.29, 1.82) is 0 Å². The molecule has 24 heavy (non-hydrogen) atoms. The molecule has 0 bridgehead atoms. The maximum absolute atomic E-state index is 12.7. The van der Waals surface area contributed by atoms with Gasteiger partial charge in [-0.15, -0.1) is 0 Å². The number of carbonyl (C=O) groups excluding carboxylic acids is 2. The molecule has 0 aromatic heterocycles. The summed E-state index contributed by atoms with van der Waals surface area (Å²) in [5.41, 5.74) is 0.398. The van der Waals surface area contributed by atoms with Gasteiger partial charge in [-0.05, 0) is 6.54 Å². The monoisotopic (exact) mass is 326 g/mol. The van der Waals surface area contributed by atoms with Crippen LogP contribution in [0.5, 0.6) is 11.5 Å². The molecule has 2 aromatic carbocycles. The number of benzene rings is 2. The van der Waals surface area contributed by atoms with Crippen molar-refractivity contribution in [2.75, 3.05) is 25.0 Å². The van der Waals surface area contributed by atoms with Gasteiger partial charge in [-0.3, -0.25) is 9.59 Å². The number of ketones is 2.